The predicted octanol–water partition coefficient (Wildman–Crippen LogP) is 5.74. The minimum atomic E-state index is -1.14. The first-order valence-electron chi connectivity index (χ1n) is 14.8. The maximum absolute atomic E-state index is 13.2. The Morgan fingerprint density at radius 1 is 0.886 bits per heavy atom. The molecular formula is C34H40N2O7S. The highest BCUT2D eigenvalue weighted by Gasteiger charge is 2.27. The molecule has 0 radical (unpaired) electrons. The fourth-order valence-electron chi connectivity index (χ4n) is 5.31. The number of carboxylic acid groups (broad SMARTS) is 1. The van der Waals surface area contributed by atoms with Gasteiger partial charge in [-0.05, 0) is 69.2 Å². The summed E-state index contributed by atoms with van der Waals surface area (Å²) in [6, 6.07) is 9.60. The van der Waals surface area contributed by atoms with Gasteiger partial charge in [-0.15, -0.1) is 0 Å². The molecule has 2 amide bonds. The van der Waals surface area contributed by atoms with Gasteiger partial charge >= 0.3 is 11.6 Å². The number of aliphatic carboxylic acids is 1. The van der Waals surface area contributed by atoms with E-state index in [1.165, 1.54) is 11.8 Å². The average molecular weight is 621 g/mol. The maximum atomic E-state index is 13.2. The summed E-state index contributed by atoms with van der Waals surface area (Å²) in [6.45, 7) is 11.4. The monoisotopic (exact) mass is 620 g/mol. The highest BCUT2D eigenvalue weighted by molar-refractivity contribution is 7.98. The number of carboxylic acids is 1. The SMILES string of the molecule is Cc1oc2c(C)c3oc(=O)c(CCC(=O)NC(CC(C)C)C(=O)NC(CSCc4ccccc4)C(=O)O)c(C)c3cc2c1C. The van der Waals surface area contributed by atoms with E-state index < -0.39 is 35.5 Å². The van der Waals surface area contributed by atoms with Crippen LogP contribution in [-0.2, 0) is 26.6 Å². The van der Waals surface area contributed by atoms with Gasteiger partial charge in [0.25, 0.3) is 0 Å². The van der Waals surface area contributed by atoms with Gasteiger partial charge in [0.15, 0.2) is 0 Å². The van der Waals surface area contributed by atoms with Crippen LogP contribution in [0.15, 0.2) is 50.0 Å². The van der Waals surface area contributed by atoms with Crippen molar-refractivity contribution in [2.45, 2.75) is 78.6 Å². The fraction of sp³-hybridized carbons (Fsp3) is 0.412. The van der Waals surface area contributed by atoms with E-state index in [0.717, 1.165) is 38.8 Å². The number of hydrogen-bond donors (Lipinski definition) is 3. The molecule has 0 saturated carbocycles. The van der Waals surface area contributed by atoms with Gasteiger partial charge in [-0.2, -0.15) is 11.8 Å². The number of aryl methyl sites for hydroxylation is 4. The van der Waals surface area contributed by atoms with Gasteiger partial charge in [-0.25, -0.2) is 9.59 Å². The lowest BCUT2D eigenvalue weighted by molar-refractivity contribution is -0.141. The quantitative estimate of drug-likeness (QED) is 0.161. The van der Waals surface area contributed by atoms with Gasteiger partial charge in [-0.1, -0.05) is 44.2 Å². The molecule has 2 aromatic carbocycles. The van der Waals surface area contributed by atoms with E-state index in [2.05, 4.69) is 10.6 Å². The molecule has 0 aliphatic heterocycles. The van der Waals surface area contributed by atoms with Crippen LogP contribution < -0.4 is 16.3 Å². The number of carbonyl (C=O) groups excluding carboxylic acids is 2. The molecule has 2 atom stereocenters. The molecule has 2 unspecified atom stereocenters. The molecule has 10 heteroatoms. The van der Waals surface area contributed by atoms with E-state index in [1.54, 1.807) is 0 Å². The van der Waals surface area contributed by atoms with Crippen molar-refractivity contribution in [1.29, 1.82) is 0 Å². The van der Waals surface area contributed by atoms with Crippen molar-refractivity contribution in [3.05, 3.63) is 80.4 Å². The number of thioether (sulfide) groups is 1. The highest BCUT2D eigenvalue weighted by atomic mass is 32.2. The second-order valence-electron chi connectivity index (χ2n) is 11.7. The Kier molecular flexibility index (Phi) is 10.6. The molecule has 4 rings (SSSR count). The summed E-state index contributed by atoms with van der Waals surface area (Å²) in [6.07, 6.45) is 0.413. The Hall–Kier alpha value is -4.05. The molecule has 3 N–H and O–H groups in total. The Morgan fingerprint density at radius 3 is 2.20 bits per heavy atom. The standard InChI is InChI=1S/C34H40N2O7S/c1-18(2)14-27(32(38)36-28(33(39)40)17-44-16-23-10-8-7-9-11-23)35-29(37)13-12-24-20(4)26-15-25-19(3)22(6)42-30(25)21(5)31(26)43-34(24)41/h7-11,15,18,27-28H,12-14,16-17H2,1-6H3,(H,35,37)(H,36,38)(H,39,40). The van der Waals surface area contributed by atoms with E-state index in [1.807, 2.05) is 77.9 Å². The van der Waals surface area contributed by atoms with Crippen molar-refractivity contribution in [2.24, 2.45) is 5.92 Å². The van der Waals surface area contributed by atoms with Crippen LogP contribution >= 0.6 is 11.8 Å². The second-order valence-corrected chi connectivity index (χ2v) is 12.7. The Bertz CT molecular complexity index is 1740. The molecule has 2 aromatic heterocycles. The van der Waals surface area contributed by atoms with Crippen molar-refractivity contribution in [1.82, 2.24) is 10.6 Å². The summed E-state index contributed by atoms with van der Waals surface area (Å²) in [5, 5.41) is 16.8. The molecule has 0 aliphatic rings. The third kappa shape index (κ3) is 7.53. The molecule has 4 aromatic rings. The number of hydrogen-bond acceptors (Lipinski definition) is 7. The number of benzene rings is 2. The molecule has 2 heterocycles. The van der Waals surface area contributed by atoms with Crippen LogP contribution in [0.5, 0.6) is 0 Å². The van der Waals surface area contributed by atoms with Crippen LogP contribution in [0.25, 0.3) is 21.9 Å². The number of fused-ring (bicyclic) bond motifs is 2. The molecular weight excluding hydrogens is 580 g/mol. The van der Waals surface area contributed by atoms with Gasteiger partial charge in [0.2, 0.25) is 11.8 Å². The molecule has 234 valence electrons. The van der Waals surface area contributed by atoms with E-state index in [9.17, 15) is 24.3 Å². The number of rotatable bonds is 13. The largest absolute Gasteiger partial charge is 0.480 e. The Balaban J connectivity index is 1.44. The minimum absolute atomic E-state index is 0.0423. The fourth-order valence-corrected chi connectivity index (χ4v) is 6.31. The zero-order valence-electron chi connectivity index (χ0n) is 26.0. The topological polar surface area (TPSA) is 139 Å². The van der Waals surface area contributed by atoms with Crippen molar-refractivity contribution in [2.75, 3.05) is 5.75 Å². The molecule has 9 nitrogen and oxygen atoms in total. The zero-order chi connectivity index (χ0) is 32.1. The molecule has 44 heavy (non-hydrogen) atoms. The molecule has 0 spiro atoms. The van der Waals surface area contributed by atoms with E-state index in [4.69, 9.17) is 8.83 Å². The van der Waals surface area contributed by atoms with Crippen molar-refractivity contribution >= 4 is 51.5 Å². The van der Waals surface area contributed by atoms with Crippen molar-refractivity contribution < 1.29 is 28.3 Å². The molecule has 0 aliphatic carbocycles. The molecule has 0 fully saturated rings. The summed E-state index contributed by atoms with van der Waals surface area (Å²) >= 11 is 1.41. The van der Waals surface area contributed by atoms with Crippen molar-refractivity contribution in [3.8, 4) is 0 Å². The number of furan rings is 1. The molecule has 0 saturated heterocycles. The first-order chi connectivity index (χ1) is 20.9. The normalized spacial score (nSPS) is 12.9. The lowest BCUT2D eigenvalue weighted by Gasteiger charge is -2.23. The van der Waals surface area contributed by atoms with Gasteiger partial charge in [0, 0.05) is 39.8 Å². The summed E-state index contributed by atoms with van der Waals surface area (Å²) in [7, 11) is 0. The zero-order valence-corrected chi connectivity index (χ0v) is 26.9. The molecule has 0 bridgehead atoms. The van der Waals surface area contributed by atoms with Crippen LogP contribution in [-0.4, -0.2) is 40.7 Å². The number of nitrogens with one attached hydrogen (secondary N) is 2. The van der Waals surface area contributed by atoms with Gasteiger partial charge < -0.3 is 24.6 Å². The van der Waals surface area contributed by atoms with Crippen LogP contribution in [0.2, 0.25) is 0 Å². The smallest absolute Gasteiger partial charge is 0.339 e. The summed E-state index contributed by atoms with van der Waals surface area (Å²) < 4.78 is 11.6. The van der Waals surface area contributed by atoms with Crippen LogP contribution in [0.3, 0.4) is 0 Å². The maximum Gasteiger partial charge on any atom is 0.339 e. The van der Waals surface area contributed by atoms with Crippen LogP contribution in [0, 0.1) is 33.6 Å². The predicted molar refractivity (Wildman–Crippen MR) is 173 cm³/mol. The minimum Gasteiger partial charge on any atom is -0.480 e. The third-order valence-corrected chi connectivity index (χ3v) is 9.02. The number of amides is 2. The Labute approximate surface area is 260 Å². The second kappa shape index (κ2) is 14.2. The van der Waals surface area contributed by atoms with Crippen LogP contribution in [0.4, 0.5) is 0 Å². The lowest BCUT2D eigenvalue weighted by Crippen LogP contribution is -2.52. The average Bonchev–Trinajstić information content (AvgIpc) is 3.26. The summed E-state index contributed by atoms with van der Waals surface area (Å²) in [4.78, 5) is 51.2. The van der Waals surface area contributed by atoms with Gasteiger partial charge in [0.05, 0.1) is 0 Å². The Morgan fingerprint density at radius 2 is 1.55 bits per heavy atom. The third-order valence-electron chi connectivity index (χ3n) is 7.92. The highest BCUT2D eigenvalue weighted by Crippen LogP contribution is 2.34. The van der Waals surface area contributed by atoms with Gasteiger partial charge in [-0.3, -0.25) is 9.59 Å². The first-order valence-corrected chi connectivity index (χ1v) is 15.9. The van der Waals surface area contributed by atoms with Crippen molar-refractivity contribution in [3.63, 3.8) is 0 Å². The number of carbonyl (C=O) groups is 3. The summed E-state index contributed by atoms with van der Waals surface area (Å²) in [5.41, 5.74) is 4.60. The van der Waals surface area contributed by atoms with Gasteiger partial charge in [0.1, 0.15) is 29.0 Å². The van der Waals surface area contributed by atoms with E-state index in [-0.39, 0.29) is 24.5 Å². The van der Waals surface area contributed by atoms with Crippen LogP contribution in [0.1, 0.15) is 60.3 Å². The first kappa shape index (κ1) is 32.9. The van der Waals surface area contributed by atoms with E-state index >= 15 is 0 Å². The summed E-state index contributed by atoms with van der Waals surface area (Å²) in [5.74, 6) is -0.447. The lowest BCUT2D eigenvalue weighted by atomic mass is 9.98. The van der Waals surface area contributed by atoms with E-state index in [0.29, 0.717) is 28.9 Å².